The maximum atomic E-state index is 5.91. The fourth-order valence-corrected chi connectivity index (χ4v) is 2.78. The molecular formula is C18H32IN5. The smallest absolute Gasteiger partial charge is 0.188 e. The number of anilines is 1. The summed E-state index contributed by atoms with van der Waals surface area (Å²) in [6.45, 7) is 12.5. The van der Waals surface area contributed by atoms with Crippen molar-refractivity contribution in [3.8, 4) is 0 Å². The monoisotopic (exact) mass is 445 g/mol. The van der Waals surface area contributed by atoms with E-state index in [9.17, 15) is 0 Å². The average molecular weight is 445 g/mol. The highest BCUT2D eigenvalue weighted by atomic mass is 127. The van der Waals surface area contributed by atoms with Gasteiger partial charge in [0.25, 0.3) is 0 Å². The predicted octanol–water partition coefficient (Wildman–Crippen LogP) is 2.38. The van der Waals surface area contributed by atoms with Crippen molar-refractivity contribution in [1.29, 1.82) is 0 Å². The summed E-state index contributed by atoms with van der Waals surface area (Å²) >= 11 is 0. The van der Waals surface area contributed by atoms with Gasteiger partial charge in [0.05, 0.1) is 0 Å². The minimum absolute atomic E-state index is 0. The lowest BCUT2D eigenvalue weighted by atomic mass is 10.2. The van der Waals surface area contributed by atoms with Crippen molar-refractivity contribution in [3.63, 3.8) is 0 Å². The SMILES string of the molecule is CC(C)CN=C(N)NCC(C)N1CCN(c2ccccc2)CC1.I. The summed E-state index contributed by atoms with van der Waals surface area (Å²) in [6.07, 6.45) is 0. The Morgan fingerprint density at radius 3 is 2.33 bits per heavy atom. The van der Waals surface area contributed by atoms with Crippen LogP contribution < -0.4 is 16.0 Å². The van der Waals surface area contributed by atoms with Crippen LogP contribution in [0.4, 0.5) is 5.69 Å². The third-order valence-corrected chi connectivity index (χ3v) is 4.26. The number of nitrogens with one attached hydrogen (secondary N) is 1. The van der Waals surface area contributed by atoms with E-state index in [-0.39, 0.29) is 24.0 Å². The van der Waals surface area contributed by atoms with Gasteiger partial charge >= 0.3 is 0 Å². The standard InChI is InChI=1S/C18H31N5.HI/c1-15(2)13-20-18(19)21-14-16(3)22-9-11-23(12-10-22)17-7-5-4-6-8-17;/h4-8,15-16H,9-14H2,1-3H3,(H3,19,20,21);1H. The lowest BCUT2D eigenvalue weighted by Crippen LogP contribution is -2.53. The highest BCUT2D eigenvalue weighted by Crippen LogP contribution is 2.16. The molecule has 0 bridgehead atoms. The number of piperazine rings is 1. The molecule has 1 heterocycles. The molecule has 2 rings (SSSR count). The van der Waals surface area contributed by atoms with Crippen molar-refractivity contribution in [3.05, 3.63) is 30.3 Å². The maximum absolute atomic E-state index is 5.91. The van der Waals surface area contributed by atoms with Crippen LogP contribution in [0.25, 0.3) is 0 Å². The lowest BCUT2D eigenvalue weighted by molar-refractivity contribution is 0.197. The maximum Gasteiger partial charge on any atom is 0.188 e. The van der Waals surface area contributed by atoms with Crippen LogP contribution in [-0.2, 0) is 0 Å². The van der Waals surface area contributed by atoms with Crippen LogP contribution in [0.3, 0.4) is 0 Å². The van der Waals surface area contributed by atoms with Gasteiger partial charge in [-0.3, -0.25) is 9.89 Å². The van der Waals surface area contributed by atoms with Gasteiger partial charge in [-0.15, -0.1) is 24.0 Å². The number of aliphatic imine (C=N–C) groups is 1. The van der Waals surface area contributed by atoms with Gasteiger partial charge in [0.2, 0.25) is 0 Å². The second-order valence-corrected chi connectivity index (χ2v) is 6.71. The van der Waals surface area contributed by atoms with Crippen LogP contribution in [0.1, 0.15) is 20.8 Å². The second-order valence-electron chi connectivity index (χ2n) is 6.71. The summed E-state index contributed by atoms with van der Waals surface area (Å²) in [5, 5.41) is 3.25. The highest BCUT2D eigenvalue weighted by molar-refractivity contribution is 14.0. The number of hydrogen-bond acceptors (Lipinski definition) is 3. The van der Waals surface area contributed by atoms with Crippen molar-refractivity contribution in [2.75, 3.05) is 44.2 Å². The van der Waals surface area contributed by atoms with E-state index in [2.05, 4.69) is 71.2 Å². The molecule has 0 aromatic heterocycles. The summed E-state index contributed by atoms with van der Waals surface area (Å²) in [7, 11) is 0. The first-order valence-electron chi connectivity index (χ1n) is 8.64. The zero-order valence-electron chi connectivity index (χ0n) is 15.1. The number of rotatable bonds is 6. The van der Waals surface area contributed by atoms with Crippen LogP contribution in [0, 0.1) is 5.92 Å². The van der Waals surface area contributed by atoms with Crippen molar-refractivity contribution in [1.82, 2.24) is 10.2 Å². The van der Waals surface area contributed by atoms with E-state index in [0.29, 0.717) is 17.9 Å². The Morgan fingerprint density at radius 2 is 1.75 bits per heavy atom. The topological polar surface area (TPSA) is 56.9 Å². The van der Waals surface area contributed by atoms with Gasteiger partial charge in [0, 0.05) is 51.0 Å². The first-order valence-corrected chi connectivity index (χ1v) is 8.64. The number of halogens is 1. The molecule has 5 nitrogen and oxygen atoms in total. The van der Waals surface area contributed by atoms with Crippen LogP contribution in [-0.4, -0.2) is 56.2 Å². The first kappa shape index (κ1) is 21.0. The second kappa shape index (κ2) is 10.8. The minimum Gasteiger partial charge on any atom is -0.370 e. The van der Waals surface area contributed by atoms with Crippen LogP contribution in [0.15, 0.2) is 35.3 Å². The number of nitrogens with two attached hydrogens (primary N) is 1. The molecule has 1 aromatic rings. The van der Waals surface area contributed by atoms with E-state index < -0.39 is 0 Å². The Hall–Kier alpha value is -1.02. The molecule has 1 aromatic carbocycles. The predicted molar refractivity (Wildman–Crippen MR) is 114 cm³/mol. The van der Waals surface area contributed by atoms with E-state index in [1.54, 1.807) is 0 Å². The van der Waals surface area contributed by atoms with Crippen molar-refractivity contribution in [2.24, 2.45) is 16.6 Å². The summed E-state index contributed by atoms with van der Waals surface area (Å²) < 4.78 is 0. The first-order chi connectivity index (χ1) is 11.1. The average Bonchev–Trinajstić information content (AvgIpc) is 2.58. The van der Waals surface area contributed by atoms with E-state index in [0.717, 1.165) is 39.3 Å². The molecule has 1 aliphatic rings. The fraction of sp³-hybridized carbons (Fsp3) is 0.611. The molecule has 6 heteroatoms. The number of para-hydroxylation sites is 1. The summed E-state index contributed by atoms with van der Waals surface area (Å²) in [6, 6.07) is 11.1. The zero-order chi connectivity index (χ0) is 16.7. The normalized spacial score (nSPS) is 17.5. The van der Waals surface area contributed by atoms with Gasteiger partial charge in [-0.25, -0.2) is 0 Å². The van der Waals surface area contributed by atoms with Gasteiger partial charge in [-0.1, -0.05) is 32.0 Å². The summed E-state index contributed by atoms with van der Waals surface area (Å²) in [5.41, 5.74) is 7.23. The number of hydrogen-bond donors (Lipinski definition) is 2. The Balaban J connectivity index is 0.00000288. The molecule has 0 spiro atoms. The molecule has 0 saturated carbocycles. The Labute approximate surface area is 163 Å². The van der Waals surface area contributed by atoms with E-state index in [1.165, 1.54) is 5.69 Å². The molecule has 1 aliphatic heterocycles. The molecule has 24 heavy (non-hydrogen) atoms. The molecule has 0 amide bonds. The Kier molecular flexibility index (Phi) is 9.43. The lowest BCUT2D eigenvalue weighted by Gasteiger charge is -2.39. The van der Waals surface area contributed by atoms with Gasteiger partial charge < -0.3 is 16.0 Å². The number of guanidine groups is 1. The third-order valence-electron chi connectivity index (χ3n) is 4.26. The minimum atomic E-state index is 0. The van der Waals surface area contributed by atoms with E-state index in [1.807, 2.05) is 0 Å². The zero-order valence-corrected chi connectivity index (χ0v) is 17.4. The molecule has 3 N–H and O–H groups in total. The molecule has 136 valence electrons. The third kappa shape index (κ3) is 6.84. The van der Waals surface area contributed by atoms with Crippen molar-refractivity contribution < 1.29 is 0 Å². The van der Waals surface area contributed by atoms with Gasteiger partial charge in [-0.2, -0.15) is 0 Å². The van der Waals surface area contributed by atoms with Crippen LogP contribution in [0.2, 0.25) is 0 Å². The Morgan fingerprint density at radius 1 is 1.12 bits per heavy atom. The van der Waals surface area contributed by atoms with Crippen LogP contribution >= 0.6 is 24.0 Å². The molecule has 1 fully saturated rings. The number of nitrogens with zero attached hydrogens (tertiary/aromatic N) is 3. The summed E-state index contributed by atoms with van der Waals surface area (Å²) in [4.78, 5) is 9.32. The molecular weight excluding hydrogens is 413 g/mol. The molecule has 1 unspecified atom stereocenters. The van der Waals surface area contributed by atoms with E-state index in [4.69, 9.17) is 5.73 Å². The van der Waals surface area contributed by atoms with Gasteiger partial charge in [0.1, 0.15) is 0 Å². The van der Waals surface area contributed by atoms with Crippen molar-refractivity contribution in [2.45, 2.75) is 26.8 Å². The fourth-order valence-electron chi connectivity index (χ4n) is 2.78. The van der Waals surface area contributed by atoms with Gasteiger partial charge in [-0.05, 0) is 25.0 Å². The van der Waals surface area contributed by atoms with Crippen molar-refractivity contribution >= 4 is 35.6 Å². The molecule has 1 saturated heterocycles. The molecule has 0 radical (unpaired) electrons. The molecule has 1 atom stereocenters. The van der Waals surface area contributed by atoms with Gasteiger partial charge in [0.15, 0.2) is 5.96 Å². The van der Waals surface area contributed by atoms with Crippen LogP contribution in [0.5, 0.6) is 0 Å². The number of benzene rings is 1. The van der Waals surface area contributed by atoms with E-state index >= 15 is 0 Å². The Bertz CT molecular complexity index is 483. The molecule has 0 aliphatic carbocycles. The highest BCUT2D eigenvalue weighted by Gasteiger charge is 2.21. The summed E-state index contributed by atoms with van der Waals surface area (Å²) in [5.74, 6) is 1.10. The quantitative estimate of drug-likeness (QED) is 0.401. The largest absolute Gasteiger partial charge is 0.370 e.